The van der Waals surface area contributed by atoms with Crippen LogP contribution in [0.15, 0.2) is 18.3 Å². The molecule has 0 aliphatic heterocycles. The lowest BCUT2D eigenvalue weighted by Gasteiger charge is -2.18. The number of alkyl halides is 3. The molecule has 0 atom stereocenters. The molecule has 0 saturated heterocycles. The van der Waals surface area contributed by atoms with Crippen LogP contribution in [0.2, 0.25) is 0 Å². The lowest BCUT2D eigenvalue weighted by atomic mass is 10.2. The highest BCUT2D eigenvalue weighted by atomic mass is 19.4. The van der Waals surface area contributed by atoms with Gasteiger partial charge < -0.3 is 4.90 Å². The van der Waals surface area contributed by atoms with Gasteiger partial charge in [-0.2, -0.15) is 13.2 Å². The van der Waals surface area contributed by atoms with Crippen molar-refractivity contribution in [1.29, 1.82) is 0 Å². The molecule has 94 valence electrons. The van der Waals surface area contributed by atoms with Crippen LogP contribution in [0.4, 0.5) is 13.2 Å². The van der Waals surface area contributed by atoms with Crippen LogP contribution in [0.1, 0.15) is 29.9 Å². The summed E-state index contributed by atoms with van der Waals surface area (Å²) in [6.07, 6.45) is -3.75. The third kappa shape index (κ3) is 3.18. The molecule has 0 aromatic carbocycles. The number of hydrogen-bond donors (Lipinski definition) is 0. The quantitative estimate of drug-likeness (QED) is 0.821. The normalized spacial score (nSPS) is 11.4. The van der Waals surface area contributed by atoms with Crippen molar-refractivity contribution in [2.45, 2.75) is 20.0 Å². The average molecular weight is 246 g/mol. The Morgan fingerprint density at radius 2 is 1.88 bits per heavy atom. The van der Waals surface area contributed by atoms with E-state index in [9.17, 15) is 18.0 Å². The minimum absolute atomic E-state index is 0.0294. The van der Waals surface area contributed by atoms with Crippen molar-refractivity contribution in [1.82, 2.24) is 9.88 Å². The second kappa shape index (κ2) is 5.16. The molecule has 0 spiro atoms. The number of halogens is 3. The summed E-state index contributed by atoms with van der Waals surface area (Å²) in [7, 11) is 0. The van der Waals surface area contributed by atoms with Crippen LogP contribution >= 0.6 is 0 Å². The molecule has 0 radical (unpaired) electrons. The Kier molecular flexibility index (Phi) is 4.09. The number of aromatic nitrogens is 1. The van der Waals surface area contributed by atoms with E-state index < -0.39 is 11.7 Å². The number of nitrogens with zero attached hydrogens (tertiary/aromatic N) is 2. The number of pyridine rings is 1. The third-order valence-corrected chi connectivity index (χ3v) is 2.36. The van der Waals surface area contributed by atoms with Crippen LogP contribution in [-0.2, 0) is 6.18 Å². The van der Waals surface area contributed by atoms with E-state index in [4.69, 9.17) is 0 Å². The standard InChI is InChI=1S/C11H13F3N2O/c1-3-16(4-2)10(17)9-6-5-8(7-15-9)11(12,13)14/h5-7H,3-4H2,1-2H3. The van der Waals surface area contributed by atoms with Crippen LogP contribution in [-0.4, -0.2) is 28.9 Å². The first-order valence-electron chi connectivity index (χ1n) is 5.22. The molecule has 1 heterocycles. The predicted octanol–water partition coefficient (Wildman–Crippen LogP) is 2.58. The topological polar surface area (TPSA) is 33.2 Å². The average Bonchev–Trinajstić information content (AvgIpc) is 2.29. The molecule has 0 bridgehead atoms. The Labute approximate surface area is 97.3 Å². The maximum atomic E-state index is 12.3. The van der Waals surface area contributed by atoms with Gasteiger partial charge in [-0.15, -0.1) is 0 Å². The van der Waals surface area contributed by atoms with Gasteiger partial charge in [0.25, 0.3) is 5.91 Å². The van der Waals surface area contributed by atoms with E-state index in [-0.39, 0.29) is 11.6 Å². The van der Waals surface area contributed by atoms with Gasteiger partial charge in [-0.3, -0.25) is 9.78 Å². The van der Waals surface area contributed by atoms with E-state index in [2.05, 4.69) is 4.98 Å². The van der Waals surface area contributed by atoms with Gasteiger partial charge in [0.2, 0.25) is 0 Å². The molecular weight excluding hydrogens is 233 g/mol. The Bertz CT molecular complexity index is 383. The minimum atomic E-state index is -4.43. The fourth-order valence-corrected chi connectivity index (χ4v) is 1.36. The first-order chi connectivity index (χ1) is 7.90. The van der Waals surface area contributed by atoms with Crippen molar-refractivity contribution >= 4 is 5.91 Å². The molecule has 0 aliphatic rings. The summed E-state index contributed by atoms with van der Waals surface area (Å²) < 4.78 is 36.8. The summed E-state index contributed by atoms with van der Waals surface area (Å²) in [5.74, 6) is -0.358. The second-order valence-electron chi connectivity index (χ2n) is 3.41. The molecule has 1 aromatic rings. The van der Waals surface area contributed by atoms with Crippen LogP contribution in [0.5, 0.6) is 0 Å². The lowest BCUT2D eigenvalue weighted by molar-refractivity contribution is -0.137. The van der Waals surface area contributed by atoms with E-state index >= 15 is 0 Å². The minimum Gasteiger partial charge on any atom is -0.338 e. The highest BCUT2D eigenvalue weighted by Crippen LogP contribution is 2.28. The molecule has 0 saturated carbocycles. The SMILES string of the molecule is CCN(CC)C(=O)c1ccc(C(F)(F)F)cn1. The summed E-state index contributed by atoms with van der Waals surface area (Å²) in [5, 5.41) is 0. The number of carbonyl (C=O) groups excluding carboxylic acids is 1. The fraction of sp³-hybridized carbons (Fsp3) is 0.455. The van der Waals surface area contributed by atoms with Gasteiger partial charge in [-0.25, -0.2) is 0 Å². The molecule has 0 unspecified atom stereocenters. The van der Waals surface area contributed by atoms with E-state index in [0.29, 0.717) is 19.3 Å². The van der Waals surface area contributed by atoms with Crippen LogP contribution in [0.3, 0.4) is 0 Å². The first-order valence-corrected chi connectivity index (χ1v) is 5.22. The van der Waals surface area contributed by atoms with E-state index in [1.54, 1.807) is 13.8 Å². The monoisotopic (exact) mass is 246 g/mol. The van der Waals surface area contributed by atoms with Gasteiger partial charge in [0, 0.05) is 19.3 Å². The van der Waals surface area contributed by atoms with Crippen molar-refractivity contribution in [3.63, 3.8) is 0 Å². The maximum Gasteiger partial charge on any atom is 0.417 e. The van der Waals surface area contributed by atoms with Crippen LogP contribution < -0.4 is 0 Å². The molecule has 17 heavy (non-hydrogen) atoms. The molecule has 0 N–H and O–H groups in total. The molecular formula is C11H13F3N2O. The molecule has 0 fully saturated rings. The van der Waals surface area contributed by atoms with Crippen molar-refractivity contribution in [3.05, 3.63) is 29.6 Å². The molecule has 6 heteroatoms. The van der Waals surface area contributed by atoms with E-state index in [1.165, 1.54) is 4.90 Å². The number of amides is 1. The highest BCUT2D eigenvalue weighted by molar-refractivity contribution is 5.92. The Morgan fingerprint density at radius 3 is 2.24 bits per heavy atom. The summed E-state index contributed by atoms with van der Waals surface area (Å²) in [4.78, 5) is 16.8. The summed E-state index contributed by atoms with van der Waals surface area (Å²) in [6, 6.07) is 1.97. The first kappa shape index (κ1) is 13.5. The number of rotatable bonds is 3. The van der Waals surface area contributed by atoms with Crippen LogP contribution in [0.25, 0.3) is 0 Å². The van der Waals surface area contributed by atoms with Crippen molar-refractivity contribution in [3.8, 4) is 0 Å². The van der Waals surface area contributed by atoms with E-state index in [1.807, 2.05) is 0 Å². The Hall–Kier alpha value is -1.59. The van der Waals surface area contributed by atoms with Gasteiger partial charge in [-0.1, -0.05) is 0 Å². The fourth-order valence-electron chi connectivity index (χ4n) is 1.36. The summed E-state index contributed by atoms with van der Waals surface area (Å²) >= 11 is 0. The molecule has 1 aromatic heterocycles. The molecule has 1 rings (SSSR count). The second-order valence-corrected chi connectivity index (χ2v) is 3.41. The smallest absolute Gasteiger partial charge is 0.338 e. The van der Waals surface area contributed by atoms with E-state index in [0.717, 1.165) is 12.1 Å². The number of carbonyl (C=O) groups is 1. The molecule has 0 aliphatic carbocycles. The summed E-state index contributed by atoms with van der Waals surface area (Å²) in [6.45, 7) is 4.59. The summed E-state index contributed by atoms with van der Waals surface area (Å²) in [5.41, 5.74) is -0.824. The van der Waals surface area contributed by atoms with Gasteiger partial charge >= 0.3 is 6.18 Å². The zero-order valence-electron chi connectivity index (χ0n) is 9.58. The van der Waals surface area contributed by atoms with Gasteiger partial charge in [-0.05, 0) is 26.0 Å². The van der Waals surface area contributed by atoms with Gasteiger partial charge in [0.1, 0.15) is 5.69 Å². The maximum absolute atomic E-state index is 12.3. The predicted molar refractivity (Wildman–Crippen MR) is 56.5 cm³/mol. The zero-order valence-corrected chi connectivity index (χ0v) is 9.58. The Balaban J connectivity index is 2.91. The van der Waals surface area contributed by atoms with Crippen molar-refractivity contribution in [2.24, 2.45) is 0 Å². The largest absolute Gasteiger partial charge is 0.417 e. The van der Waals surface area contributed by atoms with Gasteiger partial charge in [0.15, 0.2) is 0 Å². The van der Waals surface area contributed by atoms with Crippen LogP contribution in [0, 0.1) is 0 Å². The van der Waals surface area contributed by atoms with Gasteiger partial charge in [0.05, 0.1) is 5.56 Å². The molecule has 1 amide bonds. The highest BCUT2D eigenvalue weighted by Gasteiger charge is 2.31. The lowest BCUT2D eigenvalue weighted by Crippen LogP contribution is -2.31. The third-order valence-electron chi connectivity index (χ3n) is 2.36. The molecule has 3 nitrogen and oxygen atoms in total. The zero-order chi connectivity index (χ0) is 13.1. The number of hydrogen-bond acceptors (Lipinski definition) is 2. The Morgan fingerprint density at radius 1 is 1.29 bits per heavy atom. The van der Waals surface area contributed by atoms with Crippen molar-refractivity contribution < 1.29 is 18.0 Å². The van der Waals surface area contributed by atoms with Crippen molar-refractivity contribution in [2.75, 3.05) is 13.1 Å².